The molecular weight excluding hydrogens is 278 g/mol. The van der Waals surface area contributed by atoms with Crippen LogP contribution in [0, 0.1) is 6.92 Å². The number of rotatable bonds is 4. The number of aromatic nitrogens is 4. The van der Waals surface area contributed by atoms with Crippen LogP contribution in [0.4, 0.5) is 0 Å². The van der Waals surface area contributed by atoms with Gasteiger partial charge < -0.3 is 5.32 Å². The van der Waals surface area contributed by atoms with Crippen LogP contribution in [-0.2, 0) is 11.3 Å². The Kier molecular flexibility index (Phi) is 4.04. The number of imidazole rings is 1. The van der Waals surface area contributed by atoms with Crippen molar-refractivity contribution in [2.75, 3.05) is 7.05 Å². The molecule has 0 saturated carbocycles. The van der Waals surface area contributed by atoms with Crippen LogP contribution in [0.5, 0.6) is 0 Å². The van der Waals surface area contributed by atoms with Crippen molar-refractivity contribution in [3.8, 4) is 0 Å². The molecule has 110 valence electrons. The summed E-state index contributed by atoms with van der Waals surface area (Å²) >= 11 is 6.23. The van der Waals surface area contributed by atoms with Gasteiger partial charge in [0.2, 0.25) is 5.91 Å². The fourth-order valence-corrected chi connectivity index (χ4v) is 2.57. The SMILES string of the molecule is CCn1nc(C)c2nc(C(C)Cl)n(C(C)C(=O)NC)c21. The Balaban J connectivity index is 2.76. The third kappa shape index (κ3) is 2.18. The minimum atomic E-state index is -0.386. The quantitative estimate of drug-likeness (QED) is 0.880. The maximum absolute atomic E-state index is 12.0. The van der Waals surface area contributed by atoms with Crippen LogP contribution in [0.3, 0.4) is 0 Å². The topological polar surface area (TPSA) is 64.7 Å². The van der Waals surface area contributed by atoms with E-state index in [1.165, 1.54) is 0 Å². The van der Waals surface area contributed by atoms with Crippen LogP contribution >= 0.6 is 11.6 Å². The van der Waals surface area contributed by atoms with Gasteiger partial charge >= 0.3 is 0 Å². The Morgan fingerprint density at radius 3 is 2.60 bits per heavy atom. The fraction of sp³-hybridized carbons (Fsp3) is 0.615. The zero-order valence-electron chi connectivity index (χ0n) is 12.4. The van der Waals surface area contributed by atoms with Crippen LogP contribution in [-0.4, -0.2) is 32.3 Å². The number of carbonyl (C=O) groups is 1. The van der Waals surface area contributed by atoms with Gasteiger partial charge in [0.25, 0.3) is 0 Å². The molecule has 1 amide bonds. The molecule has 0 aromatic carbocycles. The molecule has 0 saturated heterocycles. The second-order valence-corrected chi connectivity index (χ2v) is 5.47. The highest BCUT2D eigenvalue weighted by atomic mass is 35.5. The molecule has 0 aliphatic rings. The van der Waals surface area contributed by atoms with E-state index in [-0.39, 0.29) is 17.3 Å². The molecule has 2 heterocycles. The summed E-state index contributed by atoms with van der Waals surface area (Å²) in [6.45, 7) is 8.34. The first-order valence-electron chi connectivity index (χ1n) is 6.73. The van der Waals surface area contributed by atoms with E-state index in [9.17, 15) is 4.79 Å². The number of alkyl halides is 1. The minimum Gasteiger partial charge on any atom is -0.357 e. The number of nitrogens with one attached hydrogen (secondary N) is 1. The lowest BCUT2D eigenvalue weighted by Gasteiger charge is -2.17. The summed E-state index contributed by atoms with van der Waals surface area (Å²) in [5.74, 6) is 0.616. The third-order valence-corrected chi connectivity index (χ3v) is 3.63. The Morgan fingerprint density at radius 2 is 2.10 bits per heavy atom. The zero-order chi connectivity index (χ0) is 15.0. The molecule has 0 fully saturated rings. The first-order chi connectivity index (χ1) is 9.42. The number of nitrogens with zero attached hydrogens (tertiary/aromatic N) is 4. The number of halogens is 1. The lowest BCUT2D eigenvalue weighted by Crippen LogP contribution is -2.29. The Morgan fingerprint density at radius 1 is 1.45 bits per heavy atom. The van der Waals surface area contributed by atoms with Gasteiger partial charge in [-0.15, -0.1) is 11.6 Å². The van der Waals surface area contributed by atoms with E-state index in [0.29, 0.717) is 12.4 Å². The maximum Gasteiger partial charge on any atom is 0.242 e. The Bertz CT molecular complexity index is 643. The minimum absolute atomic E-state index is 0.0793. The summed E-state index contributed by atoms with van der Waals surface area (Å²) in [6, 6.07) is -0.386. The number of fused-ring (bicyclic) bond motifs is 1. The van der Waals surface area contributed by atoms with Gasteiger partial charge in [-0.3, -0.25) is 9.36 Å². The standard InChI is InChI=1S/C13H20ClN5O/c1-6-18-13-10(8(3)17-18)16-11(7(2)14)19(13)9(4)12(20)15-5/h7,9H,6H2,1-5H3,(H,15,20). The van der Waals surface area contributed by atoms with Gasteiger partial charge in [0.1, 0.15) is 17.4 Å². The average Bonchev–Trinajstić information content (AvgIpc) is 2.95. The van der Waals surface area contributed by atoms with Crippen molar-refractivity contribution in [2.24, 2.45) is 0 Å². The molecule has 2 rings (SSSR count). The number of likely N-dealkylation sites (N-methyl/N-ethyl adjacent to an activating group) is 1. The molecular formula is C13H20ClN5O. The average molecular weight is 298 g/mol. The van der Waals surface area contributed by atoms with Crippen molar-refractivity contribution >= 4 is 28.7 Å². The summed E-state index contributed by atoms with van der Waals surface area (Å²) in [5.41, 5.74) is 2.51. The van der Waals surface area contributed by atoms with E-state index < -0.39 is 0 Å². The number of amides is 1. The Labute approximate surface area is 123 Å². The van der Waals surface area contributed by atoms with Crippen LogP contribution < -0.4 is 5.32 Å². The van der Waals surface area contributed by atoms with Gasteiger partial charge in [0.15, 0.2) is 5.65 Å². The molecule has 6 nitrogen and oxygen atoms in total. The molecule has 0 radical (unpaired) electrons. The maximum atomic E-state index is 12.0. The number of carbonyl (C=O) groups excluding carboxylic acids is 1. The second kappa shape index (κ2) is 5.44. The molecule has 0 spiro atoms. The molecule has 2 unspecified atom stereocenters. The van der Waals surface area contributed by atoms with Crippen LogP contribution in [0.15, 0.2) is 0 Å². The third-order valence-electron chi connectivity index (χ3n) is 3.44. The molecule has 0 aliphatic heterocycles. The lowest BCUT2D eigenvalue weighted by molar-refractivity contribution is -0.123. The monoisotopic (exact) mass is 297 g/mol. The fourth-order valence-electron chi connectivity index (χ4n) is 2.42. The van der Waals surface area contributed by atoms with Crippen LogP contribution in [0.25, 0.3) is 11.2 Å². The van der Waals surface area contributed by atoms with Crippen LogP contribution in [0.1, 0.15) is 43.7 Å². The van der Waals surface area contributed by atoms with Gasteiger partial charge in [0, 0.05) is 13.6 Å². The summed E-state index contributed by atoms with van der Waals surface area (Å²) in [4.78, 5) is 16.6. The predicted molar refractivity (Wildman–Crippen MR) is 79.0 cm³/mol. The van der Waals surface area contributed by atoms with E-state index in [1.807, 2.05) is 36.9 Å². The van der Waals surface area contributed by atoms with Crippen molar-refractivity contribution in [3.05, 3.63) is 11.5 Å². The molecule has 0 aliphatic carbocycles. The van der Waals surface area contributed by atoms with Crippen LogP contribution in [0.2, 0.25) is 0 Å². The van der Waals surface area contributed by atoms with Gasteiger partial charge in [-0.1, -0.05) is 0 Å². The normalized spacial score (nSPS) is 14.5. The lowest BCUT2D eigenvalue weighted by atomic mass is 10.3. The van der Waals surface area contributed by atoms with E-state index in [1.54, 1.807) is 7.05 Å². The van der Waals surface area contributed by atoms with Crippen molar-refractivity contribution in [3.63, 3.8) is 0 Å². The Hall–Kier alpha value is -1.56. The van der Waals surface area contributed by atoms with Crippen molar-refractivity contribution in [2.45, 2.75) is 45.7 Å². The zero-order valence-corrected chi connectivity index (χ0v) is 13.2. The van der Waals surface area contributed by atoms with E-state index in [4.69, 9.17) is 11.6 Å². The highest BCUT2D eigenvalue weighted by Crippen LogP contribution is 2.29. The first-order valence-corrected chi connectivity index (χ1v) is 7.16. The number of aryl methyl sites for hydroxylation is 2. The van der Waals surface area contributed by atoms with Crippen molar-refractivity contribution in [1.82, 2.24) is 24.6 Å². The van der Waals surface area contributed by atoms with E-state index in [2.05, 4.69) is 15.4 Å². The highest BCUT2D eigenvalue weighted by molar-refractivity contribution is 6.20. The smallest absolute Gasteiger partial charge is 0.242 e. The van der Waals surface area contributed by atoms with Crippen molar-refractivity contribution < 1.29 is 4.79 Å². The summed E-state index contributed by atoms with van der Waals surface area (Å²) < 4.78 is 3.75. The molecule has 2 aromatic rings. The molecule has 1 N–H and O–H groups in total. The molecule has 2 aromatic heterocycles. The summed E-state index contributed by atoms with van der Waals surface area (Å²) in [7, 11) is 1.62. The molecule has 20 heavy (non-hydrogen) atoms. The predicted octanol–water partition coefficient (Wildman–Crippen LogP) is 2.17. The van der Waals surface area contributed by atoms with Gasteiger partial charge in [-0.05, 0) is 27.7 Å². The largest absolute Gasteiger partial charge is 0.357 e. The van der Waals surface area contributed by atoms with E-state index in [0.717, 1.165) is 16.9 Å². The molecule has 0 bridgehead atoms. The summed E-state index contributed by atoms with van der Waals surface area (Å²) in [5, 5.41) is 6.84. The molecule has 2 atom stereocenters. The second-order valence-electron chi connectivity index (χ2n) is 4.82. The molecule has 7 heteroatoms. The van der Waals surface area contributed by atoms with E-state index >= 15 is 0 Å². The van der Waals surface area contributed by atoms with Gasteiger partial charge in [0.05, 0.1) is 11.1 Å². The summed E-state index contributed by atoms with van der Waals surface area (Å²) in [6.07, 6.45) is 0. The first kappa shape index (κ1) is 14.8. The van der Waals surface area contributed by atoms with Crippen molar-refractivity contribution in [1.29, 1.82) is 0 Å². The van der Waals surface area contributed by atoms with Gasteiger partial charge in [-0.2, -0.15) is 5.10 Å². The highest BCUT2D eigenvalue weighted by Gasteiger charge is 2.26. The number of hydrogen-bond acceptors (Lipinski definition) is 3. The number of hydrogen-bond donors (Lipinski definition) is 1. The van der Waals surface area contributed by atoms with Gasteiger partial charge in [-0.25, -0.2) is 9.67 Å².